The van der Waals surface area contributed by atoms with Gasteiger partial charge in [-0.2, -0.15) is 0 Å². The van der Waals surface area contributed by atoms with Gasteiger partial charge in [0.05, 0.1) is 5.69 Å². The minimum absolute atomic E-state index is 0.248. The quantitative estimate of drug-likeness (QED) is 0.923. The van der Waals surface area contributed by atoms with E-state index < -0.39 is 5.97 Å². The predicted molar refractivity (Wildman–Crippen MR) is 73.2 cm³/mol. The summed E-state index contributed by atoms with van der Waals surface area (Å²) >= 11 is 1.10. The van der Waals surface area contributed by atoms with Gasteiger partial charge in [0.25, 0.3) is 0 Å². The van der Waals surface area contributed by atoms with Crippen molar-refractivity contribution in [3.05, 3.63) is 40.2 Å². The van der Waals surface area contributed by atoms with E-state index in [1.165, 1.54) is 6.07 Å². The monoisotopic (exact) mass is 279 g/mol. The fraction of sp³-hybridized carbons (Fsp3) is 0.286. The van der Waals surface area contributed by atoms with Crippen LogP contribution in [0.1, 0.15) is 34.3 Å². The first kappa shape index (κ1) is 13.7. The topological polar surface area (TPSA) is 50.2 Å². The molecule has 0 spiro atoms. The lowest BCUT2D eigenvalue weighted by molar-refractivity contribution is 0.0700. The fourth-order valence-electron chi connectivity index (χ4n) is 1.77. The van der Waals surface area contributed by atoms with Gasteiger partial charge in [-0.25, -0.2) is 14.2 Å². The summed E-state index contributed by atoms with van der Waals surface area (Å²) in [5, 5.41) is 9.70. The van der Waals surface area contributed by atoms with E-state index in [4.69, 9.17) is 5.11 Å². The van der Waals surface area contributed by atoms with Crippen LogP contribution in [0.5, 0.6) is 0 Å². The Hall–Kier alpha value is -1.75. The summed E-state index contributed by atoms with van der Waals surface area (Å²) in [6.07, 6.45) is 1.44. The molecule has 3 nitrogen and oxygen atoms in total. The van der Waals surface area contributed by atoms with E-state index in [1.807, 2.05) is 6.92 Å². The van der Waals surface area contributed by atoms with Gasteiger partial charge >= 0.3 is 5.97 Å². The first-order valence-corrected chi connectivity index (χ1v) is 6.84. The number of thiazole rings is 1. The molecule has 0 fully saturated rings. The summed E-state index contributed by atoms with van der Waals surface area (Å²) in [6, 6.07) is 4.83. The molecule has 0 amide bonds. The summed E-state index contributed by atoms with van der Waals surface area (Å²) in [6.45, 7) is 3.66. The molecule has 100 valence electrons. The first-order chi connectivity index (χ1) is 9.02. The Balaban J connectivity index is 2.47. The van der Waals surface area contributed by atoms with Crippen molar-refractivity contribution in [1.29, 1.82) is 0 Å². The highest BCUT2D eigenvalue weighted by atomic mass is 32.1. The molecular weight excluding hydrogens is 265 g/mol. The van der Waals surface area contributed by atoms with Gasteiger partial charge in [0.2, 0.25) is 0 Å². The Morgan fingerprint density at radius 2 is 2.21 bits per heavy atom. The van der Waals surface area contributed by atoms with Gasteiger partial charge in [0, 0.05) is 5.56 Å². The Kier molecular flexibility index (Phi) is 3.95. The van der Waals surface area contributed by atoms with Crippen molar-refractivity contribution in [1.82, 2.24) is 4.98 Å². The Bertz CT molecular complexity index is 622. The van der Waals surface area contributed by atoms with Gasteiger partial charge in [0.1, 0.15) is 15.7 Å². The minimum Gasteiger partial charge on any atom is -0.477 e. The summed E-state index contributed by atoms with van der Waals surface area (Å²) < 4.78 is 13.5. The average molecular weight is 279 g/mol. The van der Waals surface area contributed by atoms with Gasteiger partial charge in [0.15, 0.2) is 0 Å². The number of carbonyl (C=O) groups is 1. The molecule has 1 aromatic carbocycles. The summed E-state index contributed by atoms with van der Waals surface area (Å²) in [4.78, 5) is 15.7. The molecule has 1 aromatic heterocycles. The largest absolute Gasteiger partial charge is 0.477 e. The summed E-state index contributed by atoms with van der Waals surface area (Å²) in [7, 11) is 0. The standard InChI is InChI=1S/C14H14FNO2S/c1-3-4-11-12(14(17)18)19-13(16-11)9-6-5-8(2)10(15)7-9/h5-7H,3-4H2,1-2H3,(H,17,18). The van der Waals surface area contributed by atoms with E-state index >= 15 is 0 Å². The number of hydrogen-bond acceptors (Lipinski definition) is 3. The number of halogens is 1. The molecule has 0 saturated carbocycles. The van der Waals surface area contributed by atoms with E-state index in [9.17, 15) is 9.18 Å². The number of nitrogens with zero attached hydrogens (tertiary/aromatic N) is 1. The summed E-state index contributed by atoms with van der Waals surface area (Å²) in [5.74, 6) is -1.28. The molecule has 1 N–H and O–H groups in total. The molecule has 19 heavy (non-hydrogen) atoms. The zero-order valence-electron chi connectivity index (χ0n) is 10.7. The lowest BCUT2D eigenvalue weighted by Gasteiger charge is -1.99. The third-order valence-electron chi connectivity index (χ3n) is 2.80. The Morgan fingerprint density at radius 3 is 2.79 bits per heavy atom. The van der Waals surface area contributed by atoms with Gasteiger partial charge in [-0.05, 0) is 25.0 Å². The Morgan fingerprint density at radius 1 is 1.47 bits per heavy atom. The minimum atomic E-state index is -0.972. The zero-order chi connectivity index (χ0) is 14.0. The maximum absolute atomic E-state index is 13.5. The van der Waals surface area contributed by atoms with Gasteiger partial charge in [-0.1, -0.05) is 25.5 Å². The molecular formula is C14H14FNO2S. The number of aryl methyl sites for hydroxylation is 2. The van der Waals surface area contributed by atoms with Crippen LogP contribution in [0.15, 0.2) is 18.2 Å². The SMILES string of the molecule is CCCc1nc(-c2ccc(C)c(F)c2)sc1C(=O)O. The van der Waals surface area contributed by atoms with E-state index in [1.54, 1.807) is 19.1 Å². The molecule has 5 heteroatoms. The van der Waals surface area contributed by atoms with Crippen molar-refractivity contribution in [3.63, 3.8) is 0 Å². The third-order valence-corrected chi connectivity index (χ3v) is 3.93. The zero-order valence-corrected chi connectivity index (χ0v) is 11.6. The third kappa shape index (κ3) is 2.81. The number of benzene rings is 1. The average Bonchev–Trinajstić information content (AvgIpc) is 2.77. The smallest absolute Gasteiger partial charge is 0.347 e. The van der Waals surface area contributed by atoms with Crippen LogP contribution >= 0.6 is 11.3 Å². The maximum atomic E-state index is 13.5. The van der Waals surface area contributed by atoms with E-state index in [0.717, 1.165) is 17.8 Å². The van der Waals surface area contributed by atoms with Gasteiger partial charge in [-0.15, -0.1) is 11.3 Å². The second-order valence-electron chi connectivity index (χ2n) is 4.31. The molecule has 0 aliphatic carbocycles. The van der Waals surface area contributed by atoms with Crippen LogP contribution in [0, 0.1) is 12.7 Å². The Labute approximate surface area is 114 Å². The molecule has 2 aromatic rings. The number of carboxylic acid groups (broad SMARTS) is 1. The van der Waals surface area contributed by atoms with Crippen molar-refractivity contribution < 1.29 is 14.3 Å². The molecule has 0 aliphatic heterocycles. The van der Waals surface area contributed by atoms with Gasteiger partial charge < -0.3 is 5.11 Å². The van der Waals surface area contributed by atoms with Crippen LogP contribution in [0.2, 0.25) is 0 Å². The highest BCUT2D eigenvalue weighted by Crippen LogP contribution is 2.29. The highest BCUT2D eigenvalue weighted by molar-refractivity contribution is 7.17. The highest BCUT2D eigenvalue weighted by Gasteiger charge is 2.17. The number of hydrogen-bond donors (Lipinski definition) is 1. The van der Waals surface area contributed by atoms with Crippen molar-refractivity contribution in [2.24, 2.45) is 0 Å². The maximum Gasteiger partial charge on any atom is 0.347 e. The van der Waals surface area contributed by atoms with Crippen LogP contribution < -0.4 is 0 Å². The van der Waals surface area contributed by atoms with Crippen molar-refractivity contribution in [2.75, 3.05) is 0 Å². The number of carboxylic acids is 1. The van der Waals surface area contributed by atoms with Crippen LogP contribution in [0.25, 0.3) is 10.6 Å². The van der Waals surface area contributed by atoms with Crippen molar-refractivity contribution >= 4 is 17.3 Å². The van der Waals surface area contributed by atoms with Crippen LogP contribution in [-0.4, -0.2) is 16.1 Å². The van der Waals surface area contributed by atoms with Gasteiger partial charge in [-0.3, -0.25) is 0 Å². The lowest BCUT2D eigenvalue weighted by atomic mass is 10.1. The molecule has 0 aliphatic rings. The van der Waals surface area contributed by atoms with Crippen LogP contribution in [0.4, 0.5) is 4.39 Å². The molecule has 0 radical (unpaired) electrons. The first-order valence-electron chi connectivity index (χ1n) is 6.02. The predicted octanol–water partition coefficient (Wildman–Crippen LogP) is 3.91. The van der Waals surface area contributed by atoms with Crippen molar-refractivity contribution in [3.8, 4) is 10.6 Å². The second-order valence-corrected chi connectivity index (χ2v) is 5.31. The molecule has 2 rings (SSSR count). The summed E-state index contributed by atoms with van der Waals surface area (Å²) in [5.41, 5.74) is 1.77. The van der Waals surface area contributed by atoms with Crippen LogP contribution in [0.3, 0.4) is 0 Å². The molecule has 1 heterocycles. The molecule has 0 saturated heterocycles. The fourth-order valence-corrected chi connectivity index (χ4v) is 2.72. The normalized spacial score (nSPS) is 10.7. The van der Waals surface area contributed by atoms with E-state index in [2.05, 4.69) is 4.98 Å². The molecule has 0 bridgehead atoms. The molecule has 0 unspecified atom stereocenters. The second kappa shape index (κ2) is 5.48. The number of rotatable bonds is 4. The van der Waals surface area contributed by atoms with Crippen LogP contribution in [-0.2, 0) is 6.42 Å². The van der Waals surface area contributed by atoms with E-state index in [-0.39, 0.29) is 10.7 Å². The molecule has 0 atom stereocenters. The lowest BCUT2D eigenvalue weighted by Crippen LogP contribution is -1.98. The number of aromatic carboxylic acids is 1. The van der Waals surface area contributed by atoms with Crippen molar-refractivity contribution in [2.45, 2.75) is 26.7 Å². The van der Waals surface area contributed by atoms with E-state index in [0.29, 0.717) is 28.2 Å². The number of aromatic nitrogens is 1.